The van der Waals surface area contributed by atoms with Crippen molar-refractivity contribution >= 4 is 23.6 Å². The van der Waals surface area contributed by atoms with Gasteiger partial charge in [0.05, 0.1) is 6.54 Å². The van der Waals surface area contributed by atoms with E-state index in [1.165, 1.54) is 4.90 Å². The van der Waals surface area contributed by atoms with Crippen LogP contribution in [0, 0.1) is 0 Å². The number of hydrazone groups is 1. The maximum absolute atomic E-state index is 11.6. The number of hydrogen-bond donors (Lipinski definition) is 2. The first-order valence-electron chi connectivity index (χ1n) is 5.72. The Morgan fingerprint density at radius 2 is 2.28 bits per heavy atom. The van der Waals surface area contributed by atoms with Gasteiger partial charge < -0.3 is 15.0 Å². The fraction of sp³-hybridized carbons (Fsp3) is 0.600. The largest absolute Gasteiger partial charge is 0.448 e. The molecular weight excluding hydrogens is 240 g/mol. The summed E-state index contributed by atoms with van der Waals surface area (Å²) in [6, 6.07) is 0. The van der Waals surface area contributed by atoms with Gasteiger partial charge in [0.2, 0.25) is 5.91 Å². The number of amides is 3. The highest BCUT2D eigenvalue weighted by atomic mass is 16.6. The van der Waals surface area contributed by atoms with E-state index in [9.17, 15) is 14.4 Å². The Labute approximate surface area is 103 Å². The molecule has 2 aliphatic heterocycles. The number of cyclic esters (lactones) is 1. The number of nitrogens with zero attached hydrogens (tertiary/aromatic N) is 2. The predicted molar refractivity (Wildman–Crippen MR) is 60.7 cm³/mol. The second-order valence-corrected chi connectivity index (χ2v) is 3.95. The van der Waals surface area contributed by atoms with Gasteiger partial charge in [0, 0.05) is 25.9 Å². The summed E-state index contributed by atoms with van der Waals surface area (Å²) in [6.45, 7) is 1.68. The van der Waals surface area contributed by atoms with Crippen molar-refractivity contribution in [2.45, 2.75) is 12.8 Å². The van der Waals surface area contributed by atoms with Crippen molar-refractivity contribution in [3.05, 3.63) is 0 Å². The van der Waals surface area contributed by atoms with Crippen LogP contribution < -0.4 is 10.7 Å². The first-order valence-corrected chi connectivity index (χ1v) is 5.72. The summed E-state index contributed by atoms with van der Waals surface area (Å²) < 4.78 is 4.75. The van der Waals surface area contributed by atoms with Crippen LogP contribution in [0.2, 0.25) is 0 Å². The number of hydrogen-bond acceptors (Lipinski definition) is 5. The summed E-state index contributed by atoms with van der Waals surface area (Å²) in [5.41, 5.74) is 2.56. The average molecular weight is 254 g/mol. The fourth-order valence-corrected chi connectivity index (χ4v) is 1.67. The highest BCUT2D eigenvalue weighted by Crippen LogP contribution is 2.02. The fourth-order valence-electron chi connectivity index (χ4n) is 1.67. The van der Waals surface area contributed by atoms with Gasteiger partial charge in [-0.15, -0.1) is 0 Å². The van der Waals surface area contributed by atoms with Gasteiger partial charge >= 0.3 is 6.09 Å². The Morgan fingerprint density at radius 1 is 1.44 bits per heavy atom. The normalized spacial score (nSPS) is 19.1. The molecule has 0 aromatic carbocycles. The molecule has 0 atom stereocenters. The smallest absolute Gasteiger partial charge is 0.409 e. The minimum atomic E-state index is -0.355. The lowest BCUT2D eigenvalue weighted by atomic mass is 10.1. The second-order valence-electron chi connectivity index (χ2n) is 3.95. The van der Waals surface area contributed by atoms with Gasteiger partial charge in [-0.3, -0.25) is 9.59 Å². The zero-order valence-corrected chi connectivity index (χ0v) is 9.77. The third kappa shape index (κ3) is 2.96. The van der Waals surface area contributed by atoms with Crippen molar-refractivity contribution in [2.75, 3.05) is 26.2 Å². The van der Waals surface area contributed by atoms with Crippen LogP contribution in [-0.4, -0.2) is 54.8 Å². The Morgan fingerprint density at radius 3 is 2.89 bits per heavy atom. The van der Waals surface area contributed by atoms with E-state index in [-0.39, 0.29) is 24.3 Å². The van der Waals surface area contributed by atoms with Gasteiger partial charge in [0.15, 0.2) is 0 Å². The third-order valence-electron chi connectivity index (χ3n) is 2.68. The molecule has 0 unspecified atom stereocenters. The van der Waals surface area contributed by atoms with E-state index in [0.29, 0.717) is 38.4 Å². The molecule has 0 radical (unpaired) electrons. The first-order chi connectivity index (χ1) is 8.66. The van der Waals surface area contributed by atoms with E-state index in [4.69, 9.17) is 4.74 Å². The molecule has 1 fully saturated rings. The topological polar surface area (TPSA) is 100 Å². The van der Waals surface area contributed by atoms with Crippen LogP contribution in [0.25, 0.3) is 0 Å². The summed E-state index contributed by atoms with van der Waals surface area (Å²) in [6.07, 6.45) is 0.250. The van der Waals surface area contributed by atoms with E-state index >= 15 is 0 Å². The Balaban J connectivity index is 1.72. The highest BCUT2D eigenvalue weighted by Gasteiger charge is 2.22. The van der Waals surface area contributed by atoms with Crippen LogP contribution in [0.4, 0.5) is 4.79 Å². The number of carbonyl (C=O) groups excluding carboxylic acids is 3. The van der Waals surface area contributed by atoms with Crippen molar-refractivity contribution in [3.8, 4) is 0 Å². The maximum Gasteiger partial charge on any atom is 0.409 e. The quantitative estimate of drug-likeness (QED) is 0.659. The van der Waals surface area contributed by atoms with Gasteiger partial charge in [-0.25, -0.2) is 10.2 Å². The molecule has 3 amide bonds. The molecule has 0 aromatic rings. The molecular formula is C10H14N4O4. The van der Waals surface area contributed by atoms with Gasteiger partial charge in [-0.2, -0.15) is 5.10 Å². The summed E-state index contributed by atoms with van der Waals surface area (Å²) in [5.74, 6) is -0.506. The lowest BCUT2D eigenvalue weighted by Gasteiger charge is -2.14. The van der Waals surface area contributed by atoms with Crippen LogP contribution in [0.15, 0.2) is 5.10 Å². The summed E-state index contributed by atoms with van der Waals surface area (Å²) in [5, 5.41) is 6.32. The molecule has 0 bridgehead atoms. The van der Waals surface area contributed by atoms with E-state index in [1.54, 1.807) is 0 Å². The highest BCUT2D eigenvalue weighted by molar-refractivity contribution is 6.39. The van der Waals surface area contributed by atoms with Crippen LogP contribution in [-0.2, 0) is 14.3 Å². The van der Waals surface area contributed by atoms with E-state index in [1.807, 2.05) is 0 Å². The second kappa shape index (κ2) is 5.48. The minimum Gasteiger partial charge on any atom is -0.448 e. The van der Waals surface area contributed by atoms with E-state index in [0.717, 1.165) is 0 Å². The molecule has 0 spiro atoms. The van der Waals surface area contributed by atoms with Gasteiger partial charge in [0.25, 0.3) is 5.91 Å². The van der Waals surface area contributed by atoms with Crippen molar-refractivity contribution < 1.29 is 19.1 Å². The van der Waals surface area contributed by atoms with Gasteiger partial charge in [-0.05, 0) is 0 Å². The van der Waals surface area contributed by atoms with Crippen molar-refractivity contribution in [1.82, 2.24) is 15.6 Å². The first kappa shape index (κ1) is 12.3. The molecule has 2 rings (SSSR count). The Kier molecular flexibility index (Phi) is 3.75. The molecule has 2 aliphatic rings. The van der Waals surface area contributed by atoms with Crippen LogP contribution in [0.3, 0.4) is 0 Å². The van der Waals surface area contributed by atoms with E-state index in [2.05, 4.69) is 15.8 Å². The molecule has 0 aliphatic carbocycles. The van der Waals surface area contributed by atoms with Gasteiger partial charge in [-0.1, -0.05) is 0 Å². The predicted octanol–water partition coefficient (Wildman–Crippen LogP) is -1.18. The minimum absolute atomic E-state index is 0.189. The molecule has 2 heterocycles. The average Bonchev–Trinajstić information content (AvgIpc) is 2.76. The zero-order chi connectivity index (χ0) is 13.0. The molecule has 2 N–H and O–H groups in total. The molecule has 98 valence electrons. The van der Waals surface area contributed by atoms with Crippen LogP contribution in [0.1, 0.15) is 12.8 Å². The molecule has 0 saturated carbocycles. The van der Waals surface area contributed by atoms with Crippen LogP contribution in [0.5, 0.6) is 0 Å². The number of ether oxygens (including phenoxy) is 1. The van der Waals surface area contributed by atoms with Crippen molar-refractivity contribution in [1.29, 1.82) is 0 Å². The van der Waals surface area contributed by atoms with Crippen molar-refractivity contribution in [3.63, 3.8) is 0 Å². The summed E-state index contributed by atoms with van der Waals surface area (Å²) >= 11 is 0. The number of rotatable bonds is 4. The molecule has 1 saturated heterocycles. The Hall–Kier alpha value is -2.12. The summed E-state index contributed by atoms with van der Waals surface area (Å²) in [4.78, 5) is 35.1. The van der Waals surface area contributed by atoms with Gasteiger partial charge in [0.1, 0.15) is 12.3 Å². The molecule has 18 heavy (non-hydrogen) atoms. The summed E-state index contributed by atoms with van der Waals surface area (Å²) in [7, 11) is 0. The lowest BCUT2D eigenvalue weighted by molar-refractivity contribution is -0.121. The number of carbonyl (C=O) groups is 3. The third-order valence-corrected chi connectivity index (χ3v) is 2.68. The standard InChI is InChI=1S/C10H14N4O4/c15-8-2-1-7(12-13-8)9(16)11-3-4-14-5-6-18-10(14)17/h1-6H2,(H,11,16)(H,13,15). The molecule has 8 nitrogen and oxygen atoms in total. The molecule has 0 aromatic heterocycles. The maximum atomic E-state index is 11.6. The SMILES string of the molecule is O=C1CCC(C(=O)NCCN2CCOC2=O)=NN1. The number of nitrogens with one attached hydrogen (secondary N) is 2. The zero-order valence-electron chi connectivity index (χ0n) is 9.77. The van der Waals surface area contributed by atoms with E-state index < -0.39 is 0 Å². The monoisotopic (exact) mass is 254 g/mol. The molecule has 8 heteroatoms. The lowest BCUT2D eigenvalue weighted by Crippen LogP contribution is -2.40. The van der Waals surface area contributed by atoms with Crippen LogP contribution >= 0.6 is 0 Å². The van der Waals surface area contributed by atoms with Crippen molar-refractivity contribution in [2.24, 2.45) is 5.10 Å². The Bertz CT molecular complexity index is 407.